The molecule has 0 aromatic carbocycles. The number of amides is 1. The molecule has 0 spiro atoms. The van der Waals surface area contributed by atoms with Gasteiger partial charge in [-0.3, -0.25) is 14.6 Å². The van der Waals surface area contributed by atoms with Gasteiger partial charge in [-0.2, -0.15) is 0 Å². The Labute approximate surface area is 104 Å². The van der Waals surface area contributed by atoms with Crippen molar-refractivity contribution in [3.63, 3.8) is 0 Å². The summed E-state index contributed by atoms with van der Waals surface area (Å²) in [6.07, 6.45) is 0.893. The molecule has 1 aliphatic rings. The number of aromatic hydroxyl groups is 1. The van der Waals surface area contributed by atoms with Gasteiger partial charge in [0.15, 0.2) is 5.88 Å². The van der Waals surface area contributed by atoms with Gasteiger partial charge in [-0.25, -0.2) is 0 Å². The number of nitrogens with one attached hydrogen (secondary N) is 1. The van der Waals surface area contributed by atoms with E-state index in [1.165, 1.54) is 12.1 Å². The van der Waals surface area contributed by atoms with Gasteiger partial charge in [-0.15, -0.1) is 0 Å². The van der Waals surface area contributed by atoms with Crippen LogP contribution < -0.4 is 11.3 Å². The number of aromatic amines is 1. The number of nitrogens with zero attached hydrogens (tertiary/aromatic N) is 1. The zero-order valence-electron chi connectivity index (χ0n) is 10.2. The van der Waals surface area contributed by atoms with Crippen LogP contribution in [0.15, 0.2) is 16.9 Å². The van der Waals surface area contributed by atoms with Crippen molar-refractivity contribution in [2.45, 2.75) is 19.4 Å². The second kappa shape index (κ2) is 4.81. The molecule has 0 aliphatic carbocycles. The number of aromatic nitrogens is 1. The standard InChI is InChI=1S/C12H17N3O3/c1-7-2-9(13)6-15(5-7)12(18)8-3-10(16)14-11(17)4-8/h3-4,7,9H,2,5-6,13H2,1H3,(H2,14,16,17). The van der Waals surface area contributed by atoms with E-state index in [9.17, 15) is 14.7 Å². The molecule has 2 rings (SSSR count). The summed E-state index contributed by atoms with van der Waals surface area (Å²) < 4.78 is 0. The number of carbonyl (C=O) groups excluding carboxylic acids is 1. The lowest BCUT2D eigenvalue weighted by Crippen LogP contribution is -2.48. The van der Waals surface area contributed by atoms with Crippen molar-refractivity contribution in [1.82, 2.24) is 9.88 Å². The van der Waals surface area contributed by atoms with Gasteiger partial charge in [0, 0.05) is 31.3 Å². The lowest BCUT2D eigenvalue weighted by Gasteiger charge is -2.34. The van der Waals surface area contributed by atoms with E-state index in [1.807, 2.05) is 6.92 Å². The van der Waals surface area contributed by atoms with Gasteiger partial charge in [0.25, 0.3) is 11.5 Å². The fourth-order valence-electron chi connectivity index (χ4n) is 2.40. The lowest BCUT2D eigenvalue weighted by atomic mass is 9.96. The van der Waals surface area contributed by atoms with Crippen molar-refractivity contribution < 1.29 is 9.90 Å². The Kier molecular flexibility index (Phi) is 3.38. The van der Waals surface area contributed by atoms with Crippen LogP contribution >= 0.6 is 0 Å². The summed E-state index contributed by atoms with van der Waals surface area (Å²) in [5.74, 6) is -0.230. The van der Waals surface area contributed by atoms with E-state index >= 15 is 0 Å². The molecule has 18 heavy (non-hydrogen) atoms. The Balaban J connectivity index is 2.22. The average molecular weight is 251 g/mol. The third-order valence-corrected chi connectivity index (χ3v) is 3.06. The third kappa shape index (κ3) is 2.70. The molecular formula is C12H17N3O3. The van der Waals surface area contributed by atoms with Crippen LogP contribution in [0.4, 0.5) is 0 Å². The van der Waals surface area contributed by atoms with E-state index in [-0.39, 0.29) is 23.4 Å². The first-order chi connectivity index (χ1) is 8.45. The third-order valence-electron chi connectivity index (χ3n) is 3.06. The maximum atomic E-state index is 12.2. The highest BCUT2D eigenvalue weighted by Crippen LogP contribution is 2.17. The quantitative estimate of drug-likeness (QED) is 0.648. The molecule has 1 amide bonds. The second-order valence-electron chi connectivity index (χ2n) is 4.93. The first-order valence-corrected chi connectivity index (χ1v) is 5.94. The van der Waals surface area contributed by atoms with Crippen LogP contribution in [0.3, 0.4) is 0 Å². The Morgan fingerprint density at radius 3 is 2.83 bits per heavy atom. The van der Waals surface area contributed by atoms with E-state index in [0.29, 0.717) is 19.0 Å². The molecule has 2 unspecified atom stereocenters. The van der Waals surface area contributed by atoms with Crippen LogP contribution in [0.2, 0.25) is 0 Å². The molecule has 1 aromatic rings. The molecule has 98 valence electrons. The maximum absolute atomic E-state index is 12.2. The van der Waals surface area contributed by atoms with Crippen LogP contribution in [0.5, 0.6) is 5.88 Å². The van der Waals surface area contributed by atoms with Crippen molar-refractivity contribution in [2.24, 2.45) is 11.7 Å². The van der Waals surface area contributed by atoms with Crippen molar-refractivity contribution in [2.75, 3.05) is 13.1 Å². The molecule has 6 nitrogen and oxygen atoms in total. The minimum Gasteiger partial charge on any atom is -0.494 e. The molecule has 0 bridgehead atoms. The Bertz CT molecular complexity index is 502. The zero-order chi connectivity index (χ0) is 13.3. The van der Waals surface area contributed by atoms with Crippen molar-refractivity contribution in [1.29, 1.82) is 0 Å². The fourth-order valence-corrected chi connectivity index (χ4v) is 2.40. The second-order valence-corrected chi connectivity index (χ2v) is 4.93. The number of hydrogen-bond donors (Lipinski definition) is 3. The molecule has 1 aromatic heterocycles. The van der Waals surface area contributed by atoms with Crippen molar-refractivity contribution in [3.8, 4) is 5.88 Å². The van der Waals surface area contributed by atoms with E-state index in [0.717, 1.165) is 6.42 Å². The van der Waals surface area contributed by atoms with Gasteiger partial charge in [0.2, 0.25) is 0 Å². The summed E-state index contributed by atoms with van der Waals surface area (Å²) in [5.41, 5.74) is 5.58. The number of carbonyl (C=O) groups is 1. The molecule has 0 saturated carbocycles. The molecule has 4 N–H and O–H groups in total. The van der Waals surface area contributed by atoms with Crippen LogP contribution in [0, 0.1) is 5.92 Å². The number of nitrogens with two attached hydrogens (primary N) is 1. The predicted octanol–water partition coefficient (Wildman–Crippen LogP) is -0.110. The molecular weight excluding hydrogens is 234 g/mol. The summed E-state index contributed by atoms with van der Waals surface area (Å²) in [7, 11) is 0. The molecule has 1 aliphatic heterocycles. The van der Waals surface area contributed by atoms with Gasteiger partial charge in [0.1, 0.15) is 0 Å². The minimum absolute atomic E-state index is 0.0340. The topological polar surface area (TPSA) is 99.4 Å². The number of rotatable bonds is 1. The first-order valence-electron chi connectivity index (χ1n) is 5.94. The number of likely N-dealkylation sites (tertiary alicyclic amines) is 1. The number of piperidine rings is 1. The van der Waals surface area contributed by atoms with E-state index in [2.05, 4.69) is 4.98 Å². The van der Waals surface area contributed by atoms with Crippen molar-refractivity contribution in [3.05, 3.63) is 28.0 Å². The minimum atomic E-state index is -0.493. The number of H-pyrrole nitrogens is 1. The van der Waals surface area contributed by atoms with Gasteiger partial charge in [-0.05, 0) is 12.3 Å². The van der Waals surface area contributed by atoms with E-state index in [1.54, 1.807) is 4.90 Å². The summed E-state index contributed by atoms with van der Waals surface area (Å²) in [4.78, 5) is 27.2. The maximum Gasteiger partial charge on any atom is 0.254 e. The summed E-state index contributed by atoms with van der Waals surface area (Å²) in [5, 5.41) is 9.29. The largest absolute Gasteiger partial charge is 0.494 e. The van der Waals surface area contributed by atoms with Gasteiger partial charge >= 0.3 is 0 Å². The van der Waals surface area contributed by atoms with Crippen LogP contribution in [0.25, 0.3) is 0 Å². The summed E-state index contributed by atoms with van der Waals surface area (Å²) >= 11 is 0. The zero-order valence-corrected chi connectivity index (χ0v) is 10.2. The monoisotopic (exact) mass is 251 g/mol. The van der Waals surface area contributed by atoms with Gasteiger partial charge < -0.3 is 15.7 Å². The van der Waals surface area contributed by atoms with E-state index < -0.39 is 5.56 Å². The fraction of sp³-hybridized carbons (Fsp3) is 0.500. The van der Waals surface area contributed by atoms with Crippen LogP contribution in [0.1, 0.15) is 23.7 Å². The van der Waals surface area contributed by atoms with Crippen LogP contribution in [-0.4, -0.2) is 40.0 Å². The first kappa shape index (κ1) is 12.6. The molecule has 1 fully saturated rings. The number of pyridine rings is 1. The van der Waals surface area contributed by atoms with E-state index in [4.69, 9.17) is 5.73 Å². The van der Waals surface area contributed by atoms with Gasteiger partial charge in [-0.1, -0.05) is 6.92 Å². The average Bonchev–Trinajstić information content (AvgIpc) is 2.25. The van der Waals surface area contributed by atoms with Crippen LogP contribution in [-0.2, 0) is 0 Å². The summed E-state index contributed by atoms with van der Waals surface area (Å²) in [6.45, 7) is 3.14. The molecule has 2 heterocycles. The Morgan fingerprint density at radius 1 is 1.50 bits per heavy atom. The molecule has 6 heteroatoms. The highest BCUT2D eigenvalue weighted by Gasteiger charge is 2.26. The Morgan fingerprint density at radius 2 is 2.22 bits per heavy atom. The molecule has 2 atom stereocenters. The smallest absolute Gasteiger partial charge is 0.254 e. The highest BCUT2D eigenvalue weighted by molar-refractivity contribution is 5.94. The lowest BCUT2D eigenvalue weighted by molar-refractivity contribution is 0.0660. The number of hydrogen-bond acceptors (Lipinski definition) is 4. The molecule has 0 radical (unpaired) electrons. The predicted molar refractivity (Wildman–Crippen MR) is 66.4 cm³/mol. The summed E-state index contributed by atoms with van der Waals surface area (Å²) in [6, 6.07) is 2.41. The van der Waals surface area contributed by atoms with Gasteiger partial charge in [0.05, 0.1) is 5.56 Å². The van der Waals surface area contributed by atoms with Crippen molar-refractivity contribution >= 4 is 5.91 Å². The highest BCUT2D eigenvalue weighted by atomic mass is 16.3. The Hall–Kier alpha value is -1.82. The SMILES string of the molecule is CC1CC(N)CN(C(=O)c2cc(O)[nH]c(=O)c2)C1. The molecule has 1 saturated heterocycles. The normalized spacial score (nSPS) is 24.0.